The summed E-state index contributed by atoms with van der Waals surface area (Å²) in [5, 5.41) is 3.16. The predicted molar refractivity (Wildman–Crippen MR) is 61.5 cm³/mol. The lowest BCUT2D eigenvalue weighted by Gasteiger charge is -2.15. The Morgan fingerprint density at radius 2 is 1.86 bits per heavy atom. The average Bonchev–Trinajstić information content (AvgIpc) is 2.20. The van der Waals surface area contributed by atoms with Crippen LogP contribution in [-0.2, 0) is 4.74 Å². The van der Waals surface area contributed by atoms with E-state index in [4.69, 9.17) is 4.74 Å². The summed E-state index contributed by atoms with van der Waals surface area (Å²) in [7, 11) is 4.12. The maximum atomic E-state index is 5.31. The molecule has 0 aromatic carbocycles. The number of hydrogen-bond acceptors (Lipinski definition) is 3. The second-order valence-electron chi connectivity index (χ2n) is 3.72. The molecule has 0 fully saturated rings. The van der Waals surface area contributed by atoms with Crippen molar-refractivity contribution in [3.05, 3.63) is 0 Å². The molecule has 0 unspecified atom stereocenters. The summed E-state index contributed by atoms with van der Waals surface area (Å²) in [5.41, 5.74) is 0. The van der Waals surface area contributed by atoms with Crippen molar-refractivity contribution in [2.24, 2.45) is 0 Å². The van der Waals surface area contributed by atoms with Crippen LogP contribution in [0.4, 0.5) is 0 Å². The molecule has 0 bridgehead atoms. The highest BCUT2D eigenvalue weighted by Gasteiger charge is 1.96. The molecule has 0 atom stereocenters. The van der Waals surface area contributed by atoms with Crippen LogP contribution in [0.1, 0.15) is 32.6 Å². The third-order valence-corrected chi connectivity index (χ3v) is 2.23. The molecule has 1 N–H and O–H groups in total. The van der Waals surface area contributed by atoms with Crippen molar-refractivity contribution in [1.82, 2.24) is 10.2 Å². The lowest BCUT2D eigenvalue weighted by molar-refractivity contribution is 0.0499. The number of nitrogens with one attached hydrogen (secondary N) is 1. The fourth-order valence-corrected chi connectivity index (χ4v) is 1.35. The van der Waals surface area contributed by atoms with E-state index in [1.165, 1.54) is 25.7 Å². The quantitative estimate of drug-likeness (QED) is 0.431. The maximum absolute atomic E-state index is 5.31. The zero-order valence-electron chi connectivity index (χ0n) is 10.0. The second-order valence-corrected chi connectivity index (χ2v) is 3.72. The normalized spacial score (nSPS) is 11.1. The molecule has 0 amide bonds. The molecule has 0 aromatic rings. The van der Waals surface area contributed by atoms with E-state index in [1.807, 2.05) is 14.0 Å². The Labute approximate surface area is 88.8 Å². The molecule has 0 saturated carbocycles. The molecule has 3 heteroatoms. The van der Waals surface area contributed by atoms with Crippen molar-refractivity contribution in [2.45, 2.75) is 32.6 Å². The van der Waals surface area contributed by atoms with Gasteiger partial charge in [0.1, 0.15) is 0 Å². The highest BCUT2D eigenvalue weighted by molar-refractivity contribution is 4.49. The standard InChI is InChI=1S/C11H26N2O/c1-4-14-11-13(3)10-8-6-5-7-9-12-2/h12H,4-11H2,1-3H3. The monoisotopic (exact) mass is 202 g/mol. The number of unbranched alkanes of at least 4 members (excludes halogenated alkanes) is 3. The predicted octanol–water partition coefficient (Wildman–Crippen LogP) is 1.69. The van der Waals surface area contributed by atoms with Gasteiger partial charge in [-0.3, -0.25) is 4.90 Å². The highest BCUT2D eigenvalue weighted by atomic mass is 16.5. The second kappa shape index (κ2) is 11.0. The van der Waals surface area contributed by atoms with Crippen LogP contribution in [0.3, 0.4) is 0 Å². The Hall–Kier alpha value is -0.120. The molecule has 86 valence electrons. The molecule has 0 radical (unpaired) electrons. The zero-order chi connectivity index (χ0) is 10.6. The van der Waals surface area contributed by atoms with Crippen LogP contribution in [0.15, 0.2) is 0 Å². The third kappa shape index (κ3) is 9.96. The van der Waals surface area contributed by atoms with Gasteiger partial charge in [0.05, 0.1) is 6.73 Å². The summed E-state index contributed by atoms with van der Waals surface area (Å²) in [4.78, 5) is 2.24. The van der Waals surface area contributed by atoms with E-state index in [-0.39, 0.29) is 0 Å². The van der Waals surface area contributed by atoms with Gasteiger partial charge in [-0.2, -0.15) is 0 Å². The maximum Gasteiger partial charge on any atom is 0.0987 e. The van der Waals surface area contributed by atoms with E-state index in [1.54, 1.807) is 0 Å². The summed E-state index contributed by atoms with van der Waals surface area (Å²) in [6, 6.07) is 0. The van der Waals surface area contributed by atoms with Gasteiger partial charge in [0.15, 0.2) is 0 Å². The minimum absolute atomic E-state index is 0.771. The summed E-state index contributed by atoms with van der Waals surface area (Å²) >= 11 is 0. The van der Waals surface area contributed by atoms with E-state index in [0.717, 1.165) is 26.4 Å². The van der Waals surface area contributed by atoms with E-state index in [9.17, 15) is 0 Å². The fourth-order valence-electron chi connectivity index (χ4n) is 1.35. The van der Waals surface area contributed by atoms with Gasteiger partial charge in [-0.15, -0.1) is 0 Å². The molecule has 0 spiro atoms. The van der Waals surface area contributed by atoms with Crippen LogP contribution in [0, 0.1) is 0 Å². The van der Waals surface area contributed by atoms with Crippen molar-refractivity contribution in [2.75, 3.05) is 40.5 Å². The van der Waals surface area contributed by atoms with Crippen molar-refractivity contribution >= 4 is 0 Å². The summed E-state index contributed by atoms with van der Waals surface area (Å²) in [5.74, 6) is 0. The van der Waals surface area contributed by atoms with Gasteiger partial charge in [0.25, 0.3) is 0 Å². The molecular formula is C11H26N2O. The molecule has 0 saturated heterocycles. The molecule has 0 rings (SSSR count). The minimum Gasteiger partial charge on any atom is -0.366 e. The minimum atomic E-state index is 0.771. The molecule has 0 aromatic heterocycles. The van der Waals surface area contributed by atoms with Crippen LogP contribution in [0.2, 0.25) is 0 Å². The molecular weight excluding hydrogens is 176 g/mol. The number of ether oxygens (including phenoxy) is 1. The molecule has 14 heavy (non-hydrogen) atoms. The molecule has 0 aliphatic heterocycles. The first-order valence-corrected chi connectivity index (χ1v) is 5.72. The molecule has 0 heterocycles. The van der Waals surface area contributed by atoms with E-state index >= 15 is 0 Å². The Balaban J connectivity index is 3.02. The molecule has 0 aliphatic carbocycles. The van der Waals surface area contributed by atoms with Crippen molar-refractivity contribution in [1.29, 1.82) is 0 Å². The average molecular weight is 202 g/mol. The lowest BCUT2D eigenvalue weighted by atomic mass is 10.2. The first-order chi connectivity index (χ1) is 6.81. The topological polar surface area (TPSA) is 24.5 Å². The van der Waals surface area contributed by atoms with Gasteiger partial charge >= 0.3 is 0 Å². The van der Waals surface area contributed by atoms with Gasteiger partial charge in [-0.05, 0) is 47.0 Å². The molecule has 3 nitrogen and oxygen atoms in total. The summed E-state index contributed by atoms with van der Waals surface area (Å²) in [6.45, 7) is 5.92. The first-order valence-electron chi connectivity index (χ1n) is 5.72. The number of nitrogens with zero attached hydrogens (tertiary/aromatic N) is 1. The molecule has 0 aliphatic rings. The Bertz CT molecular complexity index is 109. The van der Waals surface area contributed by atoms with Crippen LogP contribution >= 0.6 is 0 Å². The van der Waals surface area contributed by atoms with E-state index in [2.05, 4.69) is 17.3 Å². The lowest BCUT2D eigenvalue weighted by Crippen LogP contribution is -2.22. The highest BCUT2D eigenvalue weighted by Crippen LogP contribution is 2.00. The van der Waals surface area contributed by atoms with Gasteiger partial charge < -0.3 is 10.1 Å². The summed E-state index contributed by atoms with van der Waals surface area (Å²) in [6.07, 6.45) is 5.25. The van der Waals surface area contributed by atoms with E-state index in [0.29, 0.717) is 0 Å². The number of hydrogen-bond donors (Lipinski definition) is 1. The van der Waals surface area contributed by atoms with Gasteiger partial charge in [0, 0.05) is 6.61 Å². The fraction of sp³-hybridized carbons (Fsp3) is 1.00. The largest absolute Gasteiger partial charge is 0.366 e. The van der Waals surface area contributed by atoms with Crippen molar-refractivity contribution < 1.29 is 4.74 Å². The van der Waals surface area contributed by atoms with Gasteiger partial charge in [-0.1, -0.05) is 12.8 Å². The van der Waals surface area contributed by atoms with Crippen molar-refractivity contribution in [3.63, 3.8) is 0 Å². The first kappa shape index (κ1) is 13.9. The van der Waals surface area contributed by atoms with Crippen LogP contribution in [0.25, 0.3) is 0 Å². The SMILES string of the molecule is CCOCN(C)CCCCCCNC. The van der Waals surface area contributed by atoms with Crippen LogP contribution in [0.5, 0.6) is 0 Å². The van der Waals surface area contributed by atoms with Gasteiger partial charge in [-0.25, -0.2) is 0 Å². The van der Waals surface area contributed by atoms with Crippen LogP contribution in [-0.4, -0.2) is 45.4 Å². The Kier molecular flexibility index (Phi) is 10.9. The zero-order valence-corrected chi connectivity index (χ0v) is 10.0. The van der Waals surface area contributed by atoms with Crippen LogP contribution < -0.4 is 5.32 Å². The van der Waals surface area contributed by atoms with Crippen molar-refractivity contribution in [3.8, 4) is 0 Å². The Morgan fingerprint density at radius 3 is 2.50 bits per heavy atom. The Morgan fingerprint density at radius 1 is 1.14 bits per heavy atom. The number of rotatable bonds is 10. The van der Waals surface area contributed by atoms with Gasteiger partial charge in [0.2, 0.25) is 0 Å². The summed E-state index contributed by atoms with van der Waals surface area (Å²) < 4.78 is 5.31. The third-order valence-electron chi connectivity index (χ3n) is 2.23. The van der Waals surface area contributed by atoms with E-state index < -0.39 is 0 Å². The smallest absolute Gasteiger partial charge is 0.0987 e.